The molecule has 7 heteroatoms. The molecule has 0 unspecified atom stereocenters. The summed E-state index contributed by atoms with van der Waals surface area (Å²) in [4.78, 5) is 24.5. The van der Waals surface area contributed by atoms with E-state index in [9.17, 15) is 18.0 Å². The zero-order valence-corrected chi connectivity index (χ0v) is 16.9. The number of esters is 1. The minimum absolute atomic E-state index is 0.0235. The van der Waals surface area contributed by atoms with Crippen LogP contribution in [0.25, 0.3) is 0 Å². The average Bonchev–Trinajstić information content (AvgIpc) is 2.55. The minimum atomic E-state index is -3.45. The van der Waals surface area contributed by atoms with E-state index in [1.807, 2.05) is 32.9 Å². The van der Waals surface area contributed by atoms with Crippen LogP contribution in [0, 0.1) is 27.7 Å². The second-order valence-corrected chi connectivity index (χ2v) is 8.66. The number of nitrogens with one attached hydrogen (secondary N) is 1. The van der Waals surface area contributed by atoms with Crippen molar-refractivity contribution in [3.05, 3.63) is 58.1 Å². The first-order valence-corrected chi connectivity index (χ1v) is 10.2. The molecule has 1 N–H and O–H groups in total. The molecule has 1 amide bonds. The Kier molecular flexibility index (Phi) is 6.05. The molecule has 0 aliphatic rings. The van der Waals surface area contributed by atoms with E-state index in [2.05, 4.69) is 5.32 Å². The Labute approximate surface area is 159 Å². The maximum atomic E-state index is 12.3. The van der Waals surface area contributed by atoms with E-state index in [-0.39, 0.29) is 10.5 Å². The Bertz CT molecular complexity index is 986. The molecular formula is C20H23NO5S. The van der Waals surface area contributed by atoms with Gasteiger partial charge in [-0.25, -0.2) is 13.2 Å². The molecule has 27 heavy (non-hydrogen) atoms. The fourth-order valence-corrected chi connectivity index (χ4v) is 3.46. The van der Waals surface area contributed by atoms with Crippen LogP contribution in [-0.4, -0.2) is 33.2 Å². The average molecular weight is 389 g/mol. The predicted molar refractivity (Wildman–Crippen MR) is 104 cm³/mol. The van der Waals surface area contributed by atoms with Gasteiger partial charge in [-0.2, -0.15) is 0 Å². The van der Waals surface area contributed by atoms with E-state index < -0.39 is 28.3 Å². The molecule has 0 bridgehead atoms. The summed E-state index contributed by atoms with van der Waals surface area (Å²) in [5, 5.41) is 2.75. The number of aryl methyl sites for hydroxylation is 4. The van der Waals surface area contributed by atoms with Gasteiger partial charge in [0.2, 0.25) is 0 Å². The summed E-state index contributed by atoms with van der Waals surface area (Å²) < 4.78 is 28.4. The highest BCUT2D eigenvalue weighted by Gasteiger charge is 2.17. The third-order valence-corrected chi connectivity index (χ3v) is 5.24. The number of hydrogen-bond donors (Lipinski definition) is 1. The van der Waals surface area contributed by atoms with Gasteiger partial charge >= 0.3 is 5.97 Å². The summed E-state index contributed by atoms with van der Waals surface area (Å²) in [5.74, 6) is -1.21. The quantitative estimate of drug-likeness (QED) is 0.794. The van der Waals surface area contributed by atoms with Crippen molar-refractivity contribution in [1.82, 2.24) is 0 Å². The van der Waals surface area contributed by atoms with Gasteiger partial charge in [-0.1, -0.05) is 23.8 Å². The zero-order valence-electron chi connectivity index (χ0n) is 16.0. The van der Waals surface area contributed by atoms with Crippen molar-refractivity contribution in [2.24, 2.45) is 0 Å². The Morgan fingerprint density at radius 3 is 2.11 bits per heavy atom. The van der Waals surface area contributed by atoms with Crippen LogP contribution in [0.1, 0.15) is 32.6 Å². The SMILES string of the molecule is Cc1cc(C)c(NC(=O)COC(=O)c2cc(S(C)(=O)=O)ccc2C)c(C)c1. The fourth-order valence-electron chi connectivity index (χ4n) is 2.81. The van der Waals surface area contributed by atoms with Crippen molar-refractivity contribution in [1.29, 1.82) is 0 Å². The van der Waals surface area contributed by atoms with Crippen LogP contribution in [0.4, 0.5) is 5.69 Å². The van der Waals surface area contributed by atoms with Crippen LogP contribution in [0.2, 0.25) is 0 Å². The first-order valence-electron chi connectivity index (χ1n) is 8.34. The fraction of sp³-hybridized carbons (Fsp3) is 0.300. The number of carbonyl (C=O) groups excluding carboxylic acids is 2. The summed E-state index contributed by atoms with van der Waals surface area (Å²) in [7, 11) is -3.45. The predicted octanol–water partition coefficient (Wildman–Crippen LogP) is 3.12. The van der Waals surface area contributed by atoms with Crippen LogP contribution < -0.4 is 5.32 Å². The topological polar surface area (TPSA) is 89.5 Å². The Balaban J connectivity index is 2.09. The van der Waals surface area contributed by atoms with Crippen molar-refractivity contribution < 1.29 is 22.7 Å². The standard InChI is InChI=1S/C20H23NO5S/c1-12-8-14(3)19(15(4)9-12)21-18(22)11-26-20(23)17-10-16(27(5,24)25)7-6-13(17)2/h6-10H,11H2,1-5H3,(H,21,22). The van der Waals surface area contributed by atoms with E-state index in [1.54, 1.807) is 6.92 Å². The molecular weight excluding hydrogens is 366 g/mol. The molecule has 0 saturated heterocycles. The zero-order chi connectivity index (χ0) is 20.4. The third-order valence-electron chi connectivity index (χ3n) is 4.13. The van der Waals surface area contributed by atoms with Gasteiger partial charge in [-0.3, -0.25) is 4.79 Å². The molecule has 0 radical (unpaired) electrons. The number of hydrogen-bond acceptors (Lipinski definition) is 5. The molecule has 144 valence electrons. The lowest BCUT2D eigenvalue weighted by Gasteiger charge is -2.13. The van der Waals surface area contributed by atoms with Crippen molar-refractivity contribution in [2.45, 2.75) is 32.6 Å². The van der Waals surface area contributed by atoms with E-state index in [1.165, 1.54) is 18.2 Å². The van der Waals surface area contributed by atoms with E-state index in [0.717, 1.165) is 22.9 Å². The second kappa shape index (κ2) is 7.92. The molecule has 0 spiro atoms. The molecule has 0 heterocycles. The lowest BCUT2D eigenvalue weighted by atomic mass is 10.1. The molecule has 0 saturated carbocycles. The van der Waals surface area contributed by atoms with Gasteiger partial charge < -0.3 is 10.1 Å². The lowest BCUT2D eigenvalue weighted by Crippen LogP contribution is -2.22. The second-order valence-electron chi connectivity index (χ2n) is 6.65. The van der Waals surface area contributed by atoms with Gasteiger partial charge in [0.1, 0.15) is 0 Å². The lowest BCUT2D eigenvalue weighted by molar-refractivity contribution is -0.119. The molecule has 2 rings (SSSR count). The summed E-state index contributed by atoms with van der Waals surface area (Å²) in [5.41, 5.74) is 4.31. The van der Waals surface area contributed by atoms with Gasteiger partial charge in [0.15, 0.2) is 16.4 Å². The van der Waals surface area contributed by atoms with Crippen LogP contribution >= 0.6 is 0 Å². The van der Waals surface area contributed by atoms with E-state index in [0.29, 0.717) is 11.3 Å². The molecule has 0 atom stereocenters. The number of rotatable bonds is 5. The molecule has 2 aromatic rings. The van der Waals surface area contributed by atoms with E-state index >= 15 is 0 Å². The minimum Gasteiger partial charge on any atom is -0.452 e. The largest absolute Gasteiger partial charge is 0.452 e. The van der Waals surface area contributed by atoms with Crippen LogP contribution in [-0.2, 0) is 19.4 Å². The van der Waals surface area contributed by atoms with Gasteiger partial charge in [0.05, 0.1) is 10.5 Å². The van der Waals surface area contributed by atoms with Gasteiger partial charge in [-0.05, 0) is 56.5 Å². The van der Waals surface area contributed by atoms with Gasteiger partial charge in [0, 0.05) is 11.9 Å². The summed E-state index contributed by atoms with van der Waals surface area (Å²) in [6, 6.07) is 8.13. The smallest absolute Gasteiger partial charge is 0.338 e. The number of sulfone groups is 1. The maximum absolute atomic E-state index is 12.3. The molecule has 0 aliphatic heterocycles. The number of anilines is 1. The van der Waals surface area contributed by atoms with Crippen molar-refractivity contribution >= 4 is 27.4 Å². The Hall–Kier alpha value is -2.67. The first-order chi connectivity index (χ1) is 12.5. The summed E-state index contributed by atoms with van der Waals surface area (Å²) >= 11 is 0. The Morgan fingerprint density at radius 1 is 0.963 bits per heavy atom. The monoisotopic (exact) mass is 389 g/mol. The highest BCUT2D eigenvalue weighted by molar-refractivity contribution is 7.90. The van der Waals surface area contributed by atoms with Gasteiger partial charge in [0.25, 0.3) is 5.91 Å². The Morgan fingerprint density at radius 2 is 1.56 bits per heavy atom. The summed E-state index contributed by atoms with van der Waals surface area (Å²) in [6.45, 7) is 6.96. The highest BCUT2D eigenvalue weighted by atomic mass is 32.2. The van der Waals surface area contributed by atoms with Crippen molar-refractivity contribution in [3.63, 3.8) is 0 Å². The first kappa shape index (κ1) is 20.6. The van der Waals surface area contributed by atoms with E-state index in [4.69, 9.17) is 4.74 Å². The van der Waals surface area contributed by atoms with Crippen molar-refractivity contribution in [3.8, 4) is 0 Å². The highest BCUT2D eigenvalue weighted by Crippen LogP contribution is 2.22. The summed E-state index contributed by atoms with van der Waals surface area (Å²) in [6.07, 6.45) is 1.06. The van der Waals surface area contributed by atoms with Crippen LogP contribution in [0.5, 0.6) is 0 Å². The number of amides is 1. The molecule has 0 aliphatic carbocycles. The van der Waals surface area contributed by atoms with Crippen LogP contribution in [0.15, 0.2) is 35.2 Å². The third kappa shape index (κ3) is 5.17. The van der Waals surface area contributed by atoms with Crippen LogP contribution in [0.3, 0.4) is 0 Å². The number of ether oxygens (including phenoxy) is 1. The molecule has 6 nitrogen and oxygen atoms in total. The normalized spacial score (nSPS) is 11.1. The number of benzene rings is 2. The van der Waals surface area contributed by atoms with Crippen molar-refractivity contribution in [2.75, 3.05) is 18.2 Å². The molecule has 0 fully saturated rings. The maximum Gasteiger partial charge on any atom is 0.338 e. The molecule has 2 aromatic carbocycles. The number of carbonyl (C=O) groups is 2. The molecule has 0 aromatic heterocycles. The van der Waals surface area contributed by atoms with Gasteiger partial charge in [-0.15, -0.1) is 0 Å².